The van der Waals surface area contributed by atoms with E-state index in [4.69, 9.17) is 5.73 Å². The number of nitrogen functional groups attached to an aromatic ring is 1. The third-order valence-corrected chi connectivity index (χ3v) is 1.11. The zero-order chi connectivity index (χ0) is 7.78. The summed E-state index contributed by atoms with van der Waals surface area (Å²) in [5.41, 5.74) is 5.32. The number of hydrogen-bond donors (Lipinski definition) is 1. The van der Waals surface area contributed by atoms with Crippen LogP contribution in [0, 0.1) is 0 Å². The van der Waals surface area contributed by atoms with Crippen molar-refractivity contribution >= 4 is 5.95 Å². The van der Waals surface area contributed by atoms with E-state index in [0.717, 1.165) is 0 Å². The molecule has 56 valence electrons. The topological polar surface area (TPSA) is 56.7 Å². The van der Waals surface area contributed by atoms with Gasteiger partial charge in [0.15, 0.2) is 6.33 Å². The zero-order valence-corrected chi connectivity index (χ0v) is 6.44. The lowest BCUT2D eigenvalue weighted by Gasteiger charge is -2.20. The van der Waals surface area contributed by atoms with Crippen LogP contribution in [0.4, 0.5) is 5.95 Å². The number of nitrogens with zero attached hydrogens (tertiary/aromatic N) is 4. The van der Waals surface area contributed by atoms with E-state index in [0.29, 0.717) is 10.5 Å². The monoisotopic (exact) mass is 142 g/mol. The van der Waals surface area contributed by atoms with Crippen LogP contribution >= 0.6 is 0 Å². The van der Waals surface area contributed by atoms with Gasteiger partial charge in [-0.25, -0.2) is 4.59 Å². The molecule has 5 heteroatoms. The zero-order valence-electron chi connectivity index (χ0n) is 6.44. The fraction of sp³-hybridized carbons (Fsp3) is 0.600. The van der Waals surface area contributed by atoms with Crippen LogP contribution in [0.3, 0.4) is 0 Å². The summed E-state index contributed by atoms with van der Waals surface area (Å²) in [5.74, 6) is 0.313. The van der Waals surface area contributed by atoms with Crippen LogP contribution in [0.2, 0.25) is 0 Å². The fourth-order valence-electron chi connectivity index (χ4n) is 0.556. The standard InChI is InChI=1S/C5H12N5/c1-10(2,3)9-4-7-5(6)8-9/h4H,1-3H3,(H2,6,8)/q+1. The summed E-state index contributed by atoms with van der Waals surface area (Å²) < 4.78 is 0.574. The molecule has 1 aromatic heterocycles. The molecule has 0 aliphatic carbocycles. The Morgan fingerprint density at radius 3 is 2.30 bits per heavy atom. The van der Waals surface area contributed by atoms with Crippen LogP contribution in [0.5, 0.6) is 0 Å². The molecule has 0 radical (unpaired) electrons. The Kier molecular flexibility index (Phi) is 1.37. The maximum atomic E-state index is 5.32. The molecule has 0 aliphatic rings. The first-order valence-electron chi connectivity index (χ1n) is 2.99. The van der Waals surface area contributed by atoms with Crippen molar-refractivity contribution < 1.29 is 0 Å². The lowest BCUT2D eigenvalue weighted by atomic mass is 10.9. The smallest absolute Gasteiger partial charge is 0.244 e. The second-order valence-electron chi connectivity index (χ2n) is 2.96. The highest BCUT2D eigenvalue weighted by atomic mass is 15.8. The van der Waals surface area contributed by atoms with E-state index in [-0.39, 0.29) is 0 Å². The molecular formula is C5H12N5+. The third kappa shape index (κ3) is 1.24. The van der Waals surface area contributed by atoms with Crippen molar-refractivity contribution in [1.82, 2.24) is 19.5 Å². The first-order valence-corrected chi connectivity index (χ1v) is 2.99. The lowest BCUT2D eigenvalue weighted by Crippen LogP contribution is -2.46. The van der Waals surface area contributed by atoms with E-state index in [1.54, 1.807) is 11.1 Å². The van der Waals surface area contributed by atoms with Crippen LogP contribution in [0.1, 0.15) is 0 Å². The van der Waals surface area contributed by atoms with Gasteiger partial charge in [-0.3, -0.25) is 0 Å². The van der Waals surface area contributed by atoms with Gasteiger partial charge in [-0.15, -0.1) is 0 Å². The molecule has 0 aromatic carbocycles. The van der Waals surface area contributed by atoms with Crippen molar-refractivity contribution in [2.75, 3.05) is 26.9 Å². The molecule has 0 bridgehead atoms. The SMILES string of the molecule is C[N+](C)(C)n1cnc(N)n1. The number of hydrogen-bond acceptors (Lipinski definition) is 3. The van der Waals surface area contributed by atoms with Crippen molar-refractivity contribution in [3.8, 4) is 0 Å². The van der Waals surface area contributed by atoms with Crippen molar-refractivity contribution in [2.45, 2.75) is 0 Å². The molecule has 10 heavy (non-hydrogen) atoms. The van der Waals surface area contributed by atoms with Gasteiger partial charge in [-0.05, 0) is 0 Å². The van der Waals surface area contributed by atoms with Crippen molar-refractivity contribution in [3.63, 3.8) is 0 Å². The third-order valence-electron chi connectivity index (χ3n) is 1.11. The van der Waals surface area contributed by atoms with Gasteiger partial charge in [0.1, 0.15) is 0 Å². The summed E-state index contributed by atoms with van der Waals surface area (Å²) >= 11 is 0. The molecule has 0 unspecified atom stereocenters. The summed E-state index contributed by atoms with van der Waals surface area (Å²) in [5, 5.41) is 3.94. The highest BCUT2D eigenvalue weighted by molar-refractivity contribution is 5.09. The first-order chi connectivity index (χ1) is 4.50. The number of anilines is 1. The molecule has 0 spiro atoms. The number of aromatic nitrogens is 3. The Labute approximate surface area is 59.6 Å². The van der Waals surface area contributed by atoms with Gasteiger partial charge >= 0.3 is 0 Å². The molecule has 0 aliphatic heterocycles. The van der Waals surface area contributed by atoms with E-state index >= 15 is 0 Å². The molecule has 1 rings (SSSR count). The summed E-state index contributed by atoms with van der Waals surface area (Å²) in [7, 11) is 5.94. The van der Waals surface area contributed by atoms with Crippen LogP contribution < -0.4 is 10.3 Å². The molecule has 5 nitrogen and oxygen atoms in total. The van der Waals surface area contributed by atoms with Crippen LogP contribution in [-0.4, -0.2) is 36.0 Å². The highest BCUT2D eigenvalue weighted by Gasteiger charge is 2.11. The second kappa shape index (κ2) is 1.95. The maximum Gasteiger partial charge on any atom is 0.244 e. The van der Waals surface area contributed by atoms with E-state index in [1.165, 1.54) is 0 Å². The first kappa shape index (κ1) is 7.01. The quantitative estimate of drug-likeness (QED) is 0.522. The number of quaternary nitrogens is 1. The Hall–Kier alpha value is -1.10. The van der Waals surface area contributed by atoms with E-state index in [1.807, 2.05) is 21.1 Å². The Balaban J connectivity index is 2.96. The van der Waals surface area contributed by atoms with Crippen LogP contribution in [0.15, 0.2) is 6.33 Å². The minimum absolute atomic E-state index is 0.313. The van der Waals surface area contributed by atoms with E-state index in [2.05, 4.69) is 10.1 Å². The van der Waals surface area contributed by atoms with Gasteiger partial charge in [-0.1, -0.05) is 9.89 Å². The molecular weight excluding hydrogens is 130 g/mol. The molecule has 1 heterocycles. The average Bonchev–Trinajstić information content (AvgIpc) is 2.11. The average molecular weight is 142 g/mol. The Morgan fingerprint density at radius 1 is 1.50 bits per heavy atom. The largest absolute Gasteiger partial charge is 0.366 e. The summed E-state index contributed by atoms with van der Waals surface area (Å²) in [6.07, 6.45) is 1.61. The Morgan fingerprint density at radius 2 is 2.10 bits per heavy atom. The van der Waals surface area contributed by atoms with Gasteiger partial charge in [0.25, 0.3) is 0 Å². The predicted octanol–water partition coefficient (Wildman–Crippen LogP) is -0.811. The summed E-state index contributed by atoms with van der Waals surface area (Å²) in [4.78, 5) is 5.47. The van der Waals surface area contributed by atoms with Gasteiger partial charge < -0.3 is 5.73 Å². The molecule has 1 aromatic rings. The minimum Gasteiger partial charge on any atom is -0.366 e. The second-order valence-corrected chi connectivity index (χ2v) is 2.96. The van der Waals surface area contributed by atoms with Crippen molar-refractivity contribution in [1.29, 1.82) is 0 Å². The minimum atomic E-state index is 0.313. The number of nitrogens with two attached hydrogens (primary N) is 1. The van der Waals surface area contributed by atoms with Gasteiger partial charge in [-0.2, -0.15) is 4.98 Å². The molecule has 0 amide bonds. The van der Waals surface area contributed by atoms with Gasteiger partial charge in [0, 0.05) is 0 Å². The Bertz CT molecular complexity index is 220. The van der Waals surface area contributed by atoms with E-state index < -0.39 is 0 Å². The predicted molar refractivity (Wildman–Crippen MR) is 39.7 cm³/mol. The molecule has 0 saturated carbocycles. The highest BCUT2D eigenvalue weighted by Crippen LogP contribution is 1.92. The summed E-state index contributed by atoms with van der Waals surface area (Å²) in [6.45, 7) is 0. The van der Waals surface area contributed by atoms with Gasteiger partial charge in [0.2, 0.25) is 5.95 Å². The maximum absolute atomic E-state index is 5.32. The van der Waals surface area contributed by atoms with Crippen molar-refractivity contribution in [3.05, 3.63) is 6.33 Å². The normalized spacial score (nSPS) is 11.9. The van der Waals surface area contributed by atoms with Crippen molar-refractivity contribution in [2.24, 2.45) is 0 Å². The molecule has 2 N–H and O–H groups in total. The summed E-state index contributed by atoms with van der Waals surface area (Å²) in [6, 6.07) is 0. The lowest BCUT2D eigenvalue weighted by molar-refractivity contribution is 0.225. The molecule has 0 saturated heterocycles. The van der Waals surface area contributed by atoms with E-state index in [9.17, 15) is 0 Å². The molecule has 0 atom stereocenters. The molecule has 0 fully saturated rings. The van der Waals surface area contributed by atoms with Crippen LogP contribution in [0.25, 0.3) is 0 Å². The van der Waals surface area contributed by atoms with Gasteiger partial charge in [0.05, 0.1) is 21.1 Å². The van der Waals surface area contributed by atoms with Crippen LogP contribution in [-0.2, 0) is 0 Å². The fourth-order valence-corrected chi connectivity index (χ4v) is 0.556. The number of rotatable bonds is 1.